The monoisotopic (exact) mass is 789 g/mol. The Balaban J connectivity index is 1.60. The third kappa shape index (κ3) is 9.46. The number of carbonyl (C=O) groups is 2. The van der Waals surface area contributed by atoms with Crippen LogP contribution in [0.4, 0.5) is 18.9 Å². The summed E-state index contributed by atoms with van der Waals surface area (Å²) in [5.74, 6) is -1.18. The standard InChI is InChI=1S/C37H36BrClF3N3O4S/c38-28-18-16-27(17-19-28)24-44(34(22-26-10-4-1-5-11-26)36(47)43-29-12-6-2-7-13-29)35(46)25-45(50(48,49)31-14-8-3-9-15-31)30-20-21-33(39)32(23-30)37(40,41)42/h1,3-5,8-11,14-21,23,29,34H,2,6-7,12-13,22,24-25H2,(H,43,47). The van der Waals surface area contributed by atoms with Gasteiger partial charge in [0.1, 0.15) is 12.6 Å². The Labute approximate surface area is 303 Å². The first-order valence-corrected chi connectivity index (χ1v) is 18.8. The topological polar surface area (TPSA) is 86.8 Å². The van der Waals surface area contributed by atoms with E-state index in [-0.39, 0.29) is 23.9 Å². The van der Waals surface area contributed by atoms with Gasteiger partial charge >= 0.3 is 6.18 Å². The number of halogens is 5. The first-order valence-electron chi connectivity index (χ1n) is 16.2. The van der Waals surface area contributed by atoms with E-state index in [9.17, 15) is 31.2 Å². The first kappa shape index (κ1) is 37.4. The average molecular weight is 791 g/mol. The van der Waals surface area contributed by atoms with Crippen molar-refractivity contribution in [3.8, 4) is 0 Å². The van der Waals surface area contributed by atoms with Crippen molar-refractivity contribution in [2.24, 2.45) is 0 Å². The molecular formula is C37H36BrClF3N3O4S. The summed E-state index contributed by atoms with van der Waals surface area (Å²) >= 11 is 9.31. The third-order valence-electron chi connectivity index (χ3n) is 8.64. The Morgan fingerprint density at radius 2 is 1.48 bits per heavy atom. The number of rotatable bonds is 12. The van der Waals surface area contributed by atoms with Crippen LogP contribution in [0.1, 0.15) is 48.8 Å². The van der Waals surface area contributed by atoms with Crippen LogP contribution < -0.4 is 9.62 Å². The SMILES string of the molecule is O=C(NC1CCCCC1)C(Cc1ccccc1)N(Cc1ccc(Br)cc1)C(=O)CN(c1ccc(Cl)c(C(F)(F)F)c1)S(=O)(=O)c1ccccc1. The number of sulfonamides is 1. The number of alkyl halides is 3. The van der Waals surface area contributed by atoms with Crippen LogP contribution in [0.5, 0.6) is 0 Å². The summed E-state index contributed by atoms with van der Waals surface area (Å²) < 4.78 is 71.7. The van der Waals surface area contributed by atoms with Gasteiger partial charge in [0.15, 0.2) is 0 Å². The van der Waals surface area contributed by atoms with Crippen LogP contribution in [0.3, 0.4) is 0 Å². The fraction of sp³-hybridized carbons (Fsp3) is 0.297. The fourth-order valence-corrected chi connectivity index (χ4v) is 7.93. The quantitative estimate of drug-likeness (QED) is 0.156. The van der Waals surface area contributed by atoms with E-state index < -0.39 is 56.9 Å². The molecule has 1 saturated carbocycles. The van der Waals surface area contributed by atoms with Crippen molar-refractivity contribution >= 4 is 55.1 Å². The number of hydrogen-bond acceptors (Lipinski definition) is 4. The second-order valence-electron chi connectivity index (χ2n) is 12.2. The zero-order chi connectivity index (χ0) is 35.9. The van der Waals surface area contributed by atoms with Crippen molar-refractivity contribution < 1.29 is 31.2 Å². The van der Waals surface area contributed by atoms with Crippen LogP contribution in [-0.4, -0.2) is 43.8 Å². The molecule has 0 spiro atoms. The highest BCUT2D eigenvalue weighted by Crippen LogP contribution is 2.38. The molecule has 0 radical (unpaired) electrons. The van der Waals surface area contributed by atoms with Crippen molar-refractivity contribution in [2.45, 2.75) is 68.2 Å². The summed E-state index contributed by atoms with van der Waals surface area (Å²) in [6.07, 6.45) is -0.193. The first-order chi connectivity index (χ1) is 23.8. The van der Waals surface area contributed by atoms with Crippen molar-refractivity contribution in [1.29, 1.82) is 0 Å². The van der Waals surface area contributed by atoms with Crippen LogP contribution in [0, 0.1) is 0 Å². The molecule has 0 heterocycles. The van der Waals surface area contributed by atoms with E-state index >= 15 is 0 Å². The van der Waals surface area contributed by atoms with Gasteiger partial charge in [0, 0.05) is 23.5 Å². The lowest BCUT2D eigenvalue weighted by Crippen LogP contribution is -2.55. The zero-order valence-corrected chi connectivity index (χ0v) is 30.1. The van der Waals surface area contributed by atoms with Gasteiger partial charge in [-0.2, -0.15) is 13.2 Å². The Bertz CT molecular complexity index is 1880. The maximum absolute atomic E-state index is 14.6. The second-order valence-corrected chi connectivity index (χ2v) is 15.4. The molecule has 4 aromatic carbocycles. The summed E-state index contributed by atoms with van der Waals surface area (Å²) in [4.78, 5) is 29.9. The predicted molar refractivity (Wildman–Crippen MR) is 191 cm³/mol. The van der Waals surface area contributed by atoms with Crippen molar-refractivity contribution in [2.75, 3.05) is 10.8 Å². The lowest BCUT2D eigenvalue weighted by molar-refractivity contribution is -0.140. The number of carbonyl (C=O) groups excluding carboxylic acids is 2. The molecule has 264 valence electrons. The number of nitrogens with zero attached hydrogens (tertiary/aromatic N) is 2. The van der Waals surface area contributed by atoms with Gasteiger partial charge < -0.3 is 10.2 Å². The van der Waals surface area contributed by atoms with E-state index in [0.29, 0.717) is 15.9 Å². The molecule has 0 saturated heterocycles. The van der Waals surface area contributed by atoms with Crippen molar-refractivity contribution in [3.63, 3.8) is 0 Å². The normalized spacial score (nSPS) is 14.5. The average Bonchev–Trinajstić information content (AvgIpc) is 3.10. The van der Waals surface area contributed by atoms with Gasteiger partial charge in [-0.25, -0.2) is 8.42 Å². The molecule has 1 fully saturated rings. The van der Waals surface area contributed by atoms with E-state index in [4.69, 9.17) is 11.6 Å². The summed E-state index contributed by atoms with van der Waals surface area (Å²) in [6.45, 7) is -0.968. The molecule has 2 amide bonds. The Morgan fingerprint density at radius 1 is 0.860 bits per heavy atom. The molecule has 0 aliphatic heterocycles. The molecule has 1 unspecified atom stereocenters. The molecule has 7 nitrogen and oxygen atoms in total. The van der Waals surface area contributed by atoms with Gasteiger partial charge in [0.25, 0.3) is 10.0 Å². The number of hydrogen-bond donors (Lipinski definition) is 1. The predicted octanol–water partition coefficient (Wildman–Crippen LogP) is 8.41. The van der Waals surface area contributed by atoms with Crippen LogP contribution in [-0.2, 0) is 38.8 Å². The van der Waals surface area contributed by atoms with Crippen molar-refractivity contribution in [1.82, 2.24) is 10.2 Å². The minimum Gasteiger partial charge on any atom is -0.352 e. The summed E-state index contributed by atoms with van der Waals surface area (Å²) in [7, 11) is -4.60. The Kier molecular flexibility index (Phi) is 12.3. The molecular weight excluding hydrogens is 755 g/mol. The van der Waals surface area contributed by atoms with Gasteiger partial charge in [-0.1, -0.05) is 107 Å². The molecule has 1 aliphatic rings. The zero-order valence-electron chi connectivity index (χ0n) is 27.0. The van der Waals surface area contributed by atoms with E-state index in [2.05, 4.69) is 21.2 Å². The molecule has 4 aromatic rings. The van der Waals surface area contributed by atoms with Crippen LogP contribution in [0.2, 0.25) is 5.02 Å². The lowest BCUT2D eigenvalue weighted by atomic mass is 9.94. The molecule has 1 N–H and O–H groups in total. The molecule has 1 aliphatic carbocycles. The molecule has 5 rings (SSSR count). The highest BCUT2D eigenvalue weighted by molar-refractivity contribution is 9.10. The summed E-state index contributed by atoms with van der Waals surface area (Å²) in [5.41, 5.74) is -0.230. The van der Waals surface area contributed by atoms with Crippen molar-refractivity contribution in [3.05, 3.63) is 129 Å². The van der Waals surface area contributed by atoms with Gasteiger partial charge in [0.2, 0.25) is 11.8 Å². The van der Waals surface area contributed by atoms with Crippen LogP contribution in [0.25, 0.3) is 0 Å². The summed E-state index contributed by atoms with van der Waals surface area (Å²) in [6, 6.07) is 24.9. The van der Waals surface area contributed by atoms with Crippen LogP contribution >= 0.6 is 27.5 Å². The van der Waals surface area contributed by atoms with Gasteiger partial charge in [-0.15, -0.1) is 0 Å². The maximum Gasteiger partial charge on any atom is 0.417 e. The van der Waals surface area contributed by atoms with E-state index in [1.807, 2.05) is 30.3 Å². The second kappa shape index (κ2) is 16.4. The molecule has 0 aromatic heterocycles. The van der Waals surface area contributed by atoms with E-state index in [1.54, 1.807) is 30.3 Å². The number of benzene rings is 4. The molecule has 1 atom stereocenters. The smallest absolute Gasteiger partial charge is 0.352 e. The Morgan fingerprint density at radius 3 is 2.10 bits per heavy atom. The largest absolute Gasteiger partial charge is 0.417 e. The number of nitrogens with one attached hydrogen (secondary N) is 1. The van der Waals surface area contributed by atoms with Gasteiger partial charge in [0.05, 0.1) is 21.2 Å². The lowest BCUT2D eigenvalue weighted by Gasteiger charge is -2.35. The molecule has 0 bridgehead atoms. The minimum absolute atomic E-state index is 0.0741. The molecule has 50 heavy (non-hydrogen) atoms. The fourth-order valence-electron chi connectivity index (χ4n) is 6.02. The number of amides is 2. The van der Waals surface area contributed by atoms with Gasteiger partial charge in [-0.05, 0) is 66.4 Å². The number of anilines is 1. The minimum atomic E-state index is -4.90. The maximum atomic E-state index is 14.6. The summed E-state index contributed by atoms with van der Waals surface area (Å²) in [5, 5.41) is 2.51. The van der Waals surface area contributed by atoms with E-state index in [0.717, 1.165) is 54.3 Å². The highest BCUT2D eigenvalue weighted by Gasteiger charge is 2.38. The molecule has 13 heteroatoms. The third-order valence-corrected chi connectivity index (χ3v) is 11.3. The van der Waals surface area contributed by atoms with Gasteiger partial charge in [-0.3, -0.25) is 13.9 Å². The highest BCUT2D eigenvalue weighted by atomic mass is 79.9. The Hall–Kier alpha value is -3.87. The van der Waals surface area contributed by atoms with Crippen LogP contribution in [0.15, 0.2) is 112 Å². The van der Waals surface area contributed by atoms with E-state index in [1.165, 1.54) is 29.2 Å².